The molecule has 266 valence electrons. The summed E-state index contributed by atoms with van der Waals surface area (Å²) in [5.74, 6) is -82.4. The molecule has 0 spiro atoms. The van der Waals surface area contributed by atoms with Gasteiger partial charge < -0.3 is 13.3 Å². The summed E-state index contributed by atoms with van der Waals surface area (Å²) >= 11 is 0. The second-order valence-corrected chi connectivity index (χ2v) is 11.1. The zero-order valence-electron chi connectivity index (χ0n) is 21.4. The largest absolute Gasteiger partial charge is 0.537 e. The second-order valence-electron chi connectivity index (χ2n) is 8.37. The average Bonchev–Trinajstić information content (AvgIpc) is 2.82. The van der Waals surface area contributed by atoms with E-state index in [4.69, 9.17) is 0 Å². The molecule has 44 heavy (non-hydrogen) atoms. The number of hydrogen-bond donors (Lipinski definition) is 0. The zero-order chi connectivity index (χ0) is 36.0. The Balaban J connectivity index is 7.07. The number of alkyl halides is 22. The van der Waals surface area contributed by atoms with Gasteiger partial charge in [0.25, 0.3) is 0 Å². The van der Waals surface area contributed by atoms with Crippen LogP contribution in [0.15, 0.2) is 0 Å². The fraction of sp³-hybridized carbons (Fsp3) is 1.00. The maximum absolute atomic E-state index is 14.7. The quantitative estimate of drug-likeness (QED) is 0.111. The topological polar surface area (TPSA) is 27.7 Å². The van der Waals surface area contributed by atoms with Crippen molar-refractivity contribution in [1.29, 1.82) is 0 Å². The van der Waals surface area contributed by atoms with Crippen molar-refractivity contribution in [3.05, 3.63) is 0 Å². The third-order valence-electron chi connectivity index (χ3n) is 5.43. The molecule has 0 amide bonds. The van der Waals surface area contributed by atoms with Gasteiger partial charge in [-0.25, -0.2) is 4.39 Å². The SMILES string of the molecule is CCO[Si](OCC)(OCC)C(F)CC(F)(F)C(F)(F)C(F)(F)C(F)(F)C(F)(F)C(F)(F)C(F)(F)C(F)(F)C(F)(F)C(F)(F)F. The van der Waals surface area contributed by atoms with E-state index in [0.29, 0.717) is 0 Å². The summed E-state index contributed by atoms with van der Waals surface area (Å²) in [4.78, 5) is 0. The molecule has 0 saturated heterocycles. The maximum atomic E-state index is 14.7. The summed E-state index contributed by atoms with van der Waals surface area (Å²) in [7, 11) is -5.36. The summed E-state index contributed by atoms with van der Waals surface area (Å²) in [6.45, 7) is 0.573. The van der Waals surface area contributed by atoms with E-state index < -0.39 is 100 Å². The van der Waals surface area contributed by atoms with E-state index in [9.17, 15) is 96.6 Å². The molecular weight excluding hydrogens is 710 g/mol. The molecule has 0 heterocycles. The van der Waals surface area contributed by atoms with Crippen molar-refractivity contribution in [3.8, 4) is 0 Å². The van der Waals surface area contributed by atoms with Gasteiger partial charge in [-0.05, 0) is 20.8 Å². The summed E-state index contributed by atoms with van der Waals surface area (Å²) in [6.07, 6.45) is -11.6. The first-order valence-electron chi connectivity index (χ1n) is 11.1. The predicted octanol–water partition coefficient (Wildman–Crippen LogP) is 8.58. The van der Waals surface area contributed by atoms with E-state index in [-0.39, 0.29) is 0 Å². The van der Waals surface area contributed by atoms with Crippen molar-refractivity contribution in [2.24, 2.45) is 0 Å². The highest BCUT2D eigenvalue weighted by atomic mass is 28.4. The van der Waals surface area contributed by atoms with Crippen LogP contribution in [0.3, 0.4) is 0 Å². The molecule has 0 aromatic carbocycles. The van der Waals surface area contributed by atoms with Crippen LogP contribution in [0.25, 0.3) is 0 Å². The lowest BCUT2D eigenvalue weighted by Gasteiger charge is -2.44. The Kier molecular flexibility index (Phi) is 11.9. The van der Waals surface area contributed by atoms with Gasteiger partial charge in [0.05, 0.1) is 6.42 Å². The molecule has 0 N–H and O–H groups in total. The molecule has 0 aromatic rings. The molecule has 1 unspecified atom stereocenters. The van der Waals surface area contributed by atoms with Crippen LogP contribution in [0.5, 0.6) is 0 Å². The molecule has 0 aliphatic carbocycles. The first kappa shape index (κ1) is 42.6. The van der Waals surface area contributed by atoms with Gasteiger partial charge in [-0.2, -0.15) is 92.2 Å². The molecule has 0 fully saturated rings. The van der Waals surface area contributed by atoms with Crippen molar-refractivity contribution in [2.45, 2.75) is 92.5 Å². The number of hydrogen-bond acceptors (Lipinski definition) is 3. The minimum absolute atomic E-state index is 0.767. The first-order chi connectivity index (χ1) is 19.1. The normalized spacial score (nSPS) is 16.8. The Morgan fingerprint density at radius 2 is 0.636 bits per heavy atom. The minimum Gasteiger partial charge on any atom is -0.372 e. The first-order valence-corrected chi connectivity index (χ1v) is 12.9. The summed E-state index contributed by atoms with van der Waals surface area (Å²) in [5.41, 5.74) is 0. The monoisotopic (exact) mass is 728 g/mol. The Morgan fingerprint density at radius 1 is 0.409 bits per heavy atom. The molecule has 0 bridgehead atoms. The molecule has 0 aliphatic heterocycles. The Hall–Kier alpha value is -1.44. The van der Waals surface area contributed by atoms with Gasteiger partial charge in [0.2, 0.25) is 0 Å². The van der Waals surface area contributed by atoms with Crippen LogP contribution in [0, 0.1) is 0 Å². The van der Waals surface area contributed by atoms with E-state index >= 15 is 0 Å². The second kappa shape index (κ2) is 12.3. The Bertz CT molecular complexity index is 947. The molecule has 0 rings (SSSR count). The van der Waals surface area contributed by atoms with Gasteiger partial charge in [0.15, 0.2) is 5.79 Å². The smallest absolute Gasteiger partial charge is 0.372 e. The van der Waals surface area contributed by atoms with E-state index in [1.807, 2.05) is 0 Å². The van der Waals surface area contributed by atoms with Crippen molar-refractivity contribution in [3.63, 3.8) is 0 Å². The van der Waals surface area contributed by atoms with Crippen molar-refractivity contribution in [2.75, 3.05) is 19.8 Å². The van der Waals surface area contributed by atoms with Gasteiger partial charge in [0, 0.05) is 19.8 Å². The van der Waals surface area contributed by atoms with Crippen LogP contribution in [0.1, 0.15) is 27.2 Å². The molecular formula is C18H18F22O3Si. The third kappa shape index (κ3) is 6.03. The van der Waals surface area contributed by atoms with Crippen molar-refractivity contribution < 1.29 is 110 Å². The van der Waals surface area contributed by atoms with Gasteiger partial charge in [-0.15, -0.1) is 0 Å². The molecule has 0 radical (unpaired) electrons. The summed E-state index contributed by atoms with van der Waals surface area (Å²) in [5, 5.41) is 0. The predicted molar refractivity (Wildman–Crippen MR) is 101 cm³/mol. The molecule has 0 aliphatic rings. The molecule has 26 heteroatoms. The third-order valence-corrected chi connectivity index (χ3v) is 8.48. The number of halogens is 22. The fourth-order valence-corrected chi connectivity index (χ4v) is 5.57. The van der Waals surface area contributed by atoms with Crippen LogP contribution in [0.2, 0.25) is 0 Å². The van der Waals surface area contributed by atoms with Gasteiger partial charge in [-0.1, -0.05) is 0 Å². The van der Waals surface area contributed by atoms with Crippen LogP contribution in [-0.2, 0) is 13.3 Å². The van der Waals surface area contributed by atoms with Crippen LogP contribution in [0.4, 0.5) is 96.6 Å². The lowest BCUT2D eigenvalue weighted by atomic mass is 9.86. The van der Waals surface area contributed by atoms with Gasteiger partial charge >= 0.3 is 68.3 Å². The van der Waals surface area contributed by atoms with E-state index in [1.165, 1.54) is 0 Å². The fourth-order valence-electron chi connectivity index (χ4n) is 3.07. The minimum atomic E-state index is -9.28. The molecule has 0 saturated carbocycles. The number of rotatable bonds is 17. The highest BCUT2D eigenvalue weighted by molar-refractivity contribution is 6.62. The van der Waals surface area contributed by atoms with Gasteiger partial charge in [0.1, 0.15) is 0 Å². The van der Waals surface area contributed by atoms with Crippen LogP contribution >= 0.6 is 0 Å². The molecule has 0 aromatic heterocycles. The lowest BCUT2D eigenvalue weighted by molar-refractivity contribution is -0.474. The summed E-state index contributed by atoms with van der Waals surface area (Å²) in [6, 6.07) is 0. The van der Waals surface area contributed by atoms with Crippen LogP contribution in [-0.4, -0.2) is 93.9 Å². The molecule has 1 atom stereocenters. The highest BCUT2D eigenvalue weighted by Crippen LogP contribution is 2.66. The average molecular weight is 728 g/mol. The maximum Gasteiger partial charge on any atom is 0.537 e. The van der Waals surface area contributed by atoms with E-state index in [0.717, 1.165) is 20.8 Å². The molecule has 3 nitrogen and oxygen atoms in total. The Labute approximate surface area is 232 Å². The lowest BCUT2D eigenvalue weighted by Crippen LogP contribution is -2.77. The van der Waals surface area contributed by atoms with Crippen molar-refractivity contribution in [1.82, 2.24) is 0 Å². The Morgan fingerprint density at radius 3 is 0.864 bits per heavy atom. The zero-order valence-corrected chi connectivity index (χ0v) is 22.4. The van der Waals surface area contributed by atoms with E-state index in [1.54, 1.807) is 0 Å². The van der Waals surface area contributed by atoms with E-state index in [2.05, 4.69) is 13.3 Å². The standard InChI is InChI=1S/C18H18F22O3Si/c1-4-41-44(42-5-2,43-6-3)8(19)7-9(20,21)10(22,23)11(24,25)12(26,27)13(28,29)14(30,31)15(32,33)16(34,35)17(36,37)18(38,39)40/h8H,4-7H2,1-3H3. The highest BCUT2D eigenvalue weighted by Gasteiger charge is 2.97. The van der Waals surface area contributed by atoms with Gasteiger partial charge in [-0.3, -0.25) is 0 Å². The van der Waals surface area contributed by atoms with Crippen LogP contribution < -0.4 is 0 Å². The summed E-state index contributed by atoms with van der Waals surface area (Å²) < 4.78 is 312. The van der Waals surface area contributed by atoms with Crippen molar-refractivity contribution >= 4 is 8.80 Å².